The molecule has 4 aliphatic carbocycles. The van der Waals surface area contributed by atoms with Gasteiger partial charge >= 0.3 is 11.9 Å². The Labute approximate surface area is 256 Å². The Morgan fingerprint density at radius 1 is 1.00 bits per heavy atom. The number of esters is 2. The van der Waals surface area contributed by atoms with Crippen LogP contribution >= 0.6 is 0 Å². The van der Waals surface area contributed by atoms with Crippen LogP contribution in [0.15, 0.2) is 23.8 Å². The number of rotatable bonds is 8. The Morgan fingerprint density at radius 3 is 2.36 bits per heavy atom. The van der Waals surface area contributed by atoms with Gasteiger partial charge < -0.3 is 14.6 Å². The molecule has 4 aliphatic rings. The van der Waals surface area contributed by atoms with Crippen LogP contribution in [0, 0.1) is 39.9 Å². The molecule has 0 aromatic rings. The maximum atomic E-state index is 14.5. The molecular formula is C37H60O5. The number of carbonyl (C=O) groups is 2. The zero-order valence-corrected chi connectivity index (χ0v) is 28.1. The minimum Gasteiger partial charge on any atom is -0.462 e. The first-order chi connectivity index (χ1) is 19.4. The van der Waals surface area contributed by atoms with Crippen molar-refractivity contribution in [3.05, 3.63) is 23.8 Å². The van der Waals surface area contributed by atoms with Gasteiger partial charge in [0, 0.05) is 12.8 Å². The first-order valence-electron chi connectivity index (χ1n) is 16.9. The van der Waals surface area contributed by atoms with Gasteiger partial charge in [0.25, 0.3) is 0 Å². The molecule has 4 rings (SSSR count). The van der Waals surface area contributed by atoms with Gasteiger partial charge in [0.1, 0.15) is 12.2 Å². The highest BCUT2D eigenvalue weighted by Crippen LogP contribution is 2.63. The van der Waals surface area contributed by atoms with E-state index in [2.05, 4.69) is 41.2 Å². The molecule has 238 valence electrons. The normalized spacial score (nSPS) is 41.0. The molecule has 0 saturated heterocycles. The van der Waals surface area contributed by atoms with E-state index in [1.54, 1.807) is 0 Å². The Balaban J connectivity index is 1.53. The molecule has 4 fully saturated rings. The Morgan fingerprint density at radius 2 is 1.69 bits per heavy atom. The molecule has 0 spiro atoms. The van der Waals surface area contributed by atoms with E-state index < -0.39 is 16.6 Å². The van der Waals surface area contributed by atoms with E-state index in [0.717, 1.165) is 77.0 Å². The molecule has 5 heteroatoms. The third kappa shape index (κ3) is 6.42. The smallest absolute Gasteiger partial charge is 0.312 e. The van der Waals surface area contributed by atoms with Gasteiger partial charge in [0.15, 0.2) is 0 Å². The number of carbonyl (C=O) groups excluding carboxylic acids is 2. The summed E-state index contributed by atoms with van der Waals surface area (Å²) < 4.78 is 12.0. The second-order valence-corrected chi connectivity index (χ2v) is 16.4. The molecule has 0 bridgehead atoms. The van der Waals surface area contributed by atoms with Crippen LogP contribution < -0.4 is 0 Å². The monoisotopic (exact) mass is 584 g/mol. The van der Waals surface area contributed by atoms with Crippen molar-refractivity contribution in [2.24, 2.45) is 39.9 Å². The first-order valence-corrected chi connectivity index (χ1v) is 16.9. The summed E-state index contributed by atoms with van der Waals surface area (Å²) in [7, 11) is 0. The third-order valence-electron chi connectivity index (χ3n) is 12.9. The fourth-order valence-corrected chi connectivity index (χ4v) is 10.3. The van der Waals surface area contributed by atoms with Gasteiger partial charge in [-0.05, 0) is 146 Å². The van der Waals surface area contributed by atoms with E-state index in [0.29, 0.717) is 12.5 Å². The molecule has 5 nitrogen and oxygen atoms in total. The van der Waals surface area contributed by atoms with Crippen molar-refractivity contribution in [1.82, 2.24) is 0 Å². The maximum absolute atomic E-state index is 14.5. The molecule has 0 radical (unpaired) electrons. The van der Waals surface area contributed by atoms with Gasteiger partial charge in [-0.2, -0.15) is 0 Å². The van der Waals surface area contributed by atoms with Crippen LogP contribution in [-0.2, 0) is 19.1 Å². The molecule has 0 amide bonds. The van der Waals surface area contributed by atoms with Gasteiger partial charge in [0.05, 0.1) is 11.0 Å². The van der Waals surface area contributed by atoms with Gasteiger partial charge in [-0.15, -0.1) is 0 Å². The number of fused-ring (bicyclic) bond motifs is 2. The summed E-state index contributed by atoms with van der Waals surface area (Å²) in [5.74, 6) is 0.889. The van der Waals surface area contributed by atoms with E-state index in [9.17, 15) is 14.7 Å². The third-order valence-corrected chi connectivity index (χ3v) is 12.9. The zero-order valence-electron chi connectivity index (χ0n) is 28.1. The lowest BCUT2D eigenvalue weighted by Crippen LogP contribution is -2.58. The molecule has 0 unspecified atom stereocenters. The standard InChI is InChI=1S/C37H60O5/c1-25(17-23-41-27(3)38)12-14-29-26(2)13-15-30-35(29,7)19-11-20-36(30,8)32(39)42-37(9)21-10-18-34(6)22-16-28(24-31(34)37)33(4,5)40/h17,28-31,40H,2,10-16,18-24H2,1,3-9H3/b25-17+/t28-,29+,30-,31-,34-,35-,36+,37-/m1/s1. The van der Waals surface area contributed by atoms with Crippen LogP contribution in [0.25, 0.3) is 0 Å². The molecule has 42 heavy (non-hydrogen) atoms. The highest BCUT2D eigenvalue weighted by molar-refractivity contribution is 5.78. The molecule has 0 aliphatic heterocycles. The van der Waals surface area contributed by atoms with Crippen LogP contribution in [0.3, 0.4) is 0 Å². The summed E-state index contributed by atoms with van der Waals surface area (Å²) in [6, 6.07) is 0. The van der Waals surface area contributed by atoms with Crippen molar-refractivity contribution in [3.8, 4) is 0 Å². The topological polar surface area (TPSA) is 72.8 Å². The fourth-order valence-electron chi connectivity index (χ4n) is 10.3. The lowest BCUT2D eigenvalue weighted by Gasteiger charge is -2.60. The van der Waals surface area contributed by atoms with Gasteiger partial charge in [-0.25, -0.2) is 0 Å². The highest BCUT2D eigenvalue weighted by Gasteiger charge is 2.60. The van der Waals surface area contributed by atoms with Gasteiger partial charge in [-0.1, -0.05) is 38.0 Å². The van der Waals surface area contributed by atoms with E-state index in [4.69, 9.17) is 9.47 Å². The molecule has 1 N–H and O–H groups in total. The summed E-state index contributed by atoms with van der Waals surface area (Å²) in [5, 5.41) is 10.9. The Kier molecular flexibility index (Phi) is 9.55. The van der Waals surface area contributed by atoms with E-state index in [1.165, 1.54) is 24.5 Å². The van der Waals surface area contributed by atoms with Crippen LogP contribution in [0.1, 0.15) is 139 Å². The number of hydrogen-bond acceptors (Lipinski definition) is 5. The minimum atomic E-state index is -0.714. The van der Waals surface area contributed by atoms with Crippen molar-refractivity contribution >= 4 is 11.9 Å². The van der Waals surface area contributed by atoms with Crippen LogP contribution in [0.4, 0.5) is 0 Å². The van der Waals surface area contributed by atoms with Crippen LogP contribution in [0.2, 0.25) is 0 Å². The summed E-state index contributed by atoms with van der Waals surface area (Å²) in [6.07, 6.45) is 15.2. The van der Waals surface area contributed by atoms with Crippen LogP contribution in [0.5, 0.6) is 0 Å². The molecule has 0 heterocycles. The highest BCUT2D eigenvalue weighted by atomic mass is 16.6. The molecule has 4 saturated carbocycles. The summed E-state index contributed by atoms with van der Waals surface area (Å²) >= 11 is 0. The van der Waals surface area contributed by atoms with Gasteiger partial charge in [-0.3, -0.25) is 9.59 Å². The SMILES string of the molecule is C=C1CC[C@@H]2[C@](C)(CCC[C@]2(C)C(=O)O[C@]2(C)CCC[C@]3(C)CC[C@@H](C(C)(C)O)C[C@H]32)[C@H]1CC/C(C)=C/COC(C)=O. The summed E-state index contributed by atoms with van der Waals surface area (Å²) in [5.41, 5.74) is 1.02. The maximum Gasteiger partial charge on any atom is 0.312 e. The lowest BCUT2D eigenvalue weighted by molar-refractivity contribution is -0.209. The molecule has 0 aromatic carbocycles. The number of aliphatic hydroxyl groups is 1. The summed E-state index contributed by atoms with van der Waals surface area (Å²) in [4.78, 5) is 25.7. The van der Waals surface area contributed by atoms with E-state index >= 15 is 0 Å². The van der Waals surface area contributed by atoms with E-state index in [1.807, 2.05) is 19.9 Å². The Bertz CT molecular complexity index is 1070. The van der Waals surface area contributed by atoms with Crippen molar-refractivity contribution in [2.75, 3.05) is 6.61 Å². The minimum absolute atomic E-state index is 0.0103. The van der Waals surface area contributed by atoms with Gasteiger partial charge in [0.2, 0.25) is 0 Å². The first kappa shape index (κ1) is 33.3. The largest absolute Gasteiger partial charge is 0.462 e. The number of ether oxygens (including phenoxy) is 2. The second kappa shape index (κ2) is 12.1. The molecule has 0 aromatic heterocycles. The van der Waals surface area contributed by atoms with Crippen LogP contribution in [-0.4, -0.2) is 34.9 Å². The zero-order chi connectivity index (χ0) is 31.1. The fraction of sp³-hybridized carbons (Fsp3) is 0.838. The predicted octanol–water partition coefficient (Wildman–Crippen LogP) is 8.73. The van der Waals surface area contributed by atoms with Crippen molar-refractivity contribution in [3.63, 3.8) is 0 Å². The average Bonchev–Trinajstić information content (AvgIpc) is 2.87. The molecular weight excluding hydrogens is 524 g/mol. The van der Waals surface area contributed by atoms with Crippen molar-refractivity contribution in [2.45, 2.75) is 150 Å². The average molecular weight is 585 g/mol. The van der Waals surface area contributed by atoms with Crippen molar-refractivity contribution < 1.29 is 24.2 Å². The second-order valence-electron chi connectivity index (χ2n) is 16.4. The lowest BCUT2D eigenvalue weighted by atomic mass is 9.46. The van der Waals surface area contributed by atoms with E-state index in [-0.39, 0.29) is 40.5 Å². The quantitative estimate of drug-likeness (QED) is 0.228. The predicted molar refractivity (Wildman–Crippen MR) is 169 cm³/mol. The molecule has 8 atom stereocenters. The van der Waals surface area contributed by atoms with Crippen molar-refractivity contribution in [1.29, 1.82) is 0 Å². The number of hydrogen-bond donors (Lipinski definition) is 1. The Hall–Kier alpha value is -1.62. The summed E-state index contributed by atoms with van der Waals surface area (Å²) in [6.45, 7) is 21.6. The number of allylic oxidation sites excluding steroid dienone is 2.